The highest BCUT2D eigenvalue weighted by molar-refractivity contribution is 7.99. The summed E-state index contributed by atoms with van der Waals surface area (Å²) in [6, 6.07) is 62.4. The minimum Gasteiger partial charge on any atom is -0.309 e. The zero-order valence-electron chi connectivity index (χ0n) is 26.5. The largest absolute Gasteiger partial charge is 0.309 e. The summed E-state index contributed by atoms with van der Waals surface area (Å²) in [4.78, 5) is 2.63. The summed E-state index contributed by atoms with van der Waals surface area (Å²) >= 11 is 1.89. The van der Waals surface area contributed by atoms with Gasteiger partial charge in [-0.05, 0) is 82.2 Å². The van der Waals surface area contributed by atoms with Crippen LogP contribution in [-0.2, 0) is 0 Å². The first-order valence-electron chi connectivity index (χ1n) is 16.8. The van der Waals surface area contributed by atoms with Crippen molar-refractivity contribution in [3.05, 3.63) is 170 Å². The molecule has 2 nitrogen and oxygen atoms in total. The molecular formula is C46H28N2S. The van der Waals surface area contributed by atoms with Gasteiger partial charge >= 0.3 is 0 Å². The van der Waals surface area contributed by atoms with E-state index in [9.17, 15) is 0 Å². The van der Waals surface area contributed by atoms with Gasteiger partial charge in [0.25, 0.3) is 0 Å². The minimum absolute atomic E-state index is 1.17. The Balaban J connectivity index is 1.20. The van der Waals surface area contributed by atoms with Crippen LogP contribution >= 0.6 is 11.8 Å². The topological polar surface area (TPSA) is 9.86 Å². The lowest BCUT2D eigenvalue weighted by atomic mass is 9.94. The molecule has 228 valence electrons. The Kier molecular flexibility index (Phi) is 5.63. The third kappa shape index (κ3) is 3.85. The molecule has 11 rings (SSSR count). The van der Waals surface area contributed by atoms with Crippen molar-refractivity contribution in [3.8, 4) is 33.6 Å². The predicted molar refractivity (Wildman–Crippen MR) is 208 cm³/mol. The van der Waals surface area contributed by atoms with Crippen molar-refractivity contribution in [1.82, 2.24) is 9.13 Å². The number of rotatable bonds is 3. The molecule has 10 aromatic rings. The number of hydrogen-bond donors (Lipinski definition) is 0. The Hall–Kier alpha value is -6.03. The van der Waals surface area contributed by atoms with Crippen molar-refractivity contribution in [1.29, 1.82) is 0 Å². The third-order valence-electron chi connectivity index (χ3n) is 10.3. The summed E-state index contributed by atoms with van der Waals surface area (Å²) in [6.07, 6.45) is 0. The molecule has 0 fully saturated rings. The van der Waals surface area contributed by atoms with E-state index in [1.165, 1.54) is 97.8 Å². The van der Waals surface area contributed by atoms with Crippen LogP contribution in [0.5, 0.6) is 0 Å². The maximum Gasteiger partial charge on any atom is 0.0558 e. The molecule has 0 atom stereocenters. The second-order valence-electron chi connectivity index (χ2n) is 12.9. The smallest absolute Gasteiger partial charge is 0.0558 e. The van der Waals surface area contributed by atoms with Crippen molar-refractivity contribution < 1.29 is 0 Å². The zero-order valence-corrected chi connectivity index (χ0v) is 27.3. The average Bonchev–Trinajstić information content (AvgIpc) is 3.67. The first-order valence-corrected chi connectivity index (χ1v) is 17.6. The van der Waals surface area contributed by atoms with Crippen molar-refractivity contribution >= 4 is 66.1 Å². The fourth-order valence-electron chi connectivity index (χ4n) is 8.19. The van der Waals surface area contributed by atoms with Crippen LogP contribution in [0.25, 0.3) is 88.0 Å². The van der Waals surface area contributed by atoms with Gasteiger partial charge in [-0.25, -0.2) is 0 Å². The van der Waals surface area contributed by atoms with E-state index in [-0.39, 0.29) is 0 Å². The zero-order chi connectivity index (χ0) is 32.1. The van der Waals surface area contributed by atoms with Gasteiger partial charge in [-0.15, -0.1) is 0 Å². The number of nitrogens with zero attached hydrogens (tertiary/aromatic N) is 2. The summed E-state index contributed by atoms with van der Waals surface area (Å²) in [6.45, 7) is 0. The van der Waals surface area contributed by atoms with Crippen molar-refractivity contribution in [2.24, 2.45) is 0 Å². The van der Waals surface area contributed by atoms with Crippen molar-refractivity contribution in [3.63, 3.8) is 0 Å². The van der Waals surface area contributed by atoms with Crippen LogP contribution in [0.15, 0.2) is 180 Å². The lowest BCUT2D eigenvalue weighted by Gasteiger charge is -2.21. The van der Waals surface area contributed by atoms with E-state index in [0.717, 1.165) is 0 Å². The third-order valence-corrected chi connectivity index (χ3v) is 11.4. The number of hydrogen-bond acceptors (Lipinski definition) is 1. The molecule has 3 heteroatoms. The fourth-order valence-corrected chi connectivity index (χ4v) is 9.36. The standard InChI is InChI=1S/C46H28N2S/c1-3-12-31(13-4-1)47-39-20-9-7-16-33(39)34-24-22-29(26-40(34)47)30-23-25-37-41(27-30)48(32-14-5-2-6-15-32)42-28-44-46-36(18-11-19-38(46)45(37)42)35-17-8-10-21-43(35)49-44/h1-28H. The minimum atomic E-state index is 1.17. The lowest BCUT2D eigenvalue weighted by molar-refractivity contribution is 1.18. The van der Waals surface area contributed by atoms with Gasteiger partial charge in [0.15, 0.2) is 0 Å². The highest BCUT2D eigenvalue weighted by Gasteiger charge is 2.24. The van der Waals surface area contributed by atoms with E-state index in [1.54, 1.807) is 0 Å². The highest BCUT2D eigenvalue weighted by Crippen LogP contribution is 2.51. The molecule has 0 N–H and O–H groups in total. The molecule has 0 bridgehead atoms. The lowest BCUT2D eigenvalue weighted by Crippen LogP contribution is -1.96. The molecule has 1 aliphatic rings. The second-order valence-corrected chi connectivity index (χ2v) is 14.0. The summed E-state index contributed by atoms with van der Waals surface area (Å²) < 4.78 is 4.87. The average molecular weight is 641 g/mol. The molecule has 0 unspecified atom stereocenters. The number of aromatic nitrogens is 2. The van der Waals surface area contributed by atoms with E-state index >= 15 is 0 Å². The van der Waals surface area contributed by atoms with Crippen LogP contribution in [0.1, 0.15) is 0 Å². The van der Waals surface area contributed by atoms with E-state index in [1.807, 2.05) is 11.8 Å². The Bertz CT molecular complexity index is 2950. The molecule has 0 radical (unpaired) electrons. The quantitative estimate of drug-likeness (QED) is 0.187. The summed E-state index contributed by atoms with van der Waals surface area (Å²) in [5, 5.41) is 7.79. The van der Waals surface area contributed by atoms with Gasteiger partial charge in [-0.1, -0.05) is 127 Å². The maximum absolute atomic E-state index is 2.47. The fraction of sp³-hybridized carbons (Fsp3) is 0. The number of benzene rings is 8. The molecular weight excluding hydrogens is 613 g/mol. The van der Waals surface area contributed by atoms with Crippen molar-refractivity contribution in [2.75, 3.05) is 0 Å². The van der Waals surface area contributed by atoms with Gasteiger partial charge in [-0.3, -0.25) is 0 Å². The van der Waals surface area contributed by atoms with Crippen LogP contribution in [0, 0.1) is 0 Å². The molecule has 0 saturated carbocycles. The Morgan fingerprint density at radius 2 is 0.898 bits per heavy atom. The molecule has 1 aliphatic heterocycles. The highest BCUT2D eigenvalue weighted by atomic mass is 32.2. The van der Waals surface area contributed by atoms with E-state index in [2.05, 4.69) is 179 Å². The van der Waals surface area contributed by atoms with Crippen LogP contribution in [0.3, 0.4) is 0 Å². The van der Waals surface area contributed by atoms with Gasteiger partial charge in [0, 0.05) is 48.1 Å². The molecule has 0 spiro atoms. The number of para-hydroxylation sites is 3. The van der Waals surface area contributed by atoms with Crippen LogP contribution in [0.4, 0.5) is 0 Å². The van der Waals surface area contributed by atoms with Crippen LogP contribution < -0.4 is 0 Å². The molecule has 3 heterocycles. The van der Waals surface area contributed by atoms with Crippen LogP contribution in [-0.4, -0.2) is 9.13 Å². The Morgan fingerprint density at radius 3 is 1.67 bits per heavy atom. The SMILES string of the molecule is c1ccc(-n2c3ccccc3c3ccc(-c4ccc5c6c7cccc8c7c(cc6n(-c6ccccc6)c5c4)Sc4ccccc4-8)cc32)cc1. The predicted octanol–water partition coefficient (Wildman–Crippen LogP) is 12.8. The summed E-state index contributed by atoms with van der Waals surface area (Å²) in [5.41, 5.74) is 12.3. The summed E-state index contributed by atoms with van der Waals surface area (Å²) in [5.74, 6) is 0. The summed E-state index contributed by atoms with van der Waals surface area (Å²) in [7, 11) is 0. The molecule has 0 saturated heterocycles. The van der Waals surface area contributed by atoms with Crippen LogP contribution in [0.2, 0.25) is 0 Å². The van der Waals surface area contributed by atoms with Crippen molar-refractivity contribution in [2.45, 2.75) is 9.79 Å². The Morgan fingerprint density at radius 1 is 0.327 bits per heavy atom. The van der Waals surface area contributed by atoms with E-state index in [0.29, 0.717) is 0 Å². The monoisotopic (exact) mass is 640 g/mol. The maximum atomic E-state index is 2.47. The van der Waals surface area contributed by atoms with E-state index < -0.39 is 0 Å². The van der Waals surface area contributed by atoms with Gasteiger partial charge in [0.2, 0.25) is 0 Å². The molecule has 8 aromatic carbocycles. The second kappa shape index (κ2) is 10.2. The molecule has 49 heavy (non-hydrogen) atoms. The van der Waals surface area contributed by atoms with Gasteiger partial charge < -0.3 is 9.13 Å². The first kappa shape index (κ1) is 27.0. The Labute approximate surface area is 287 Å². The first-order chi connectivity index (χ1) is 24.3. The normalized spacial score (nSPS) is 12.4. The molecule has 0 aliphatic carbocycles. The van der Waals surface area contributed by atoms with Gasteiger partial charge in [0.05, 0.1) is 22.1 Å². The van der Waals surface area contributed by atoms with Gasteiger partial charge in [0.1, 0.15) is 0 Å². The molecule has 0 amide bonds. The number of fused-ring (bicyclic) bond motifs is 9. The molecule has 2 aromatic heterocycles. The van der Waals surface area contributed by atoms with E-state index in [4.69, 9.17) is 0 Å². The van der Waals surface area contributed by atoms with Gasteiger partial charge in [-0.2, -0.15) is 0 Å².